The van der Waals surface area contributed by atoms with Gasteiger partial charge in [-0.3, -0.25) is 4.98 Å². The average Bonchev–Trinajstić information content (AvgIpc) is 3.00. The first-order chi connectivity index (χ1) is 10.8. The Labute approximate surface area is 133 Å². The van der Waals surface area contributed by atoms with Gasteiger partial charge in [0.2, 0.25) is 0 Å². The summed E-state index contributed by atoms with van der Waals surface area (Å²) in [6.45, 7) is 2.92. The highest BCUT2D eigenvalue weighted by Gasteiger charge is 2.14. The first-order valence-electron chi connectivity index (χ1n) is 7.11. The molecule has 22 heavy (non-hydrogen) atoms. The van der Waals surface area contributed by atoms with Crippen molar-refractivity contribution in [3.63, 3.8) is 0 Å². The molecule has 3 aromatic rings. The summed E-state index contributed by atoms with van der Waals surface area (Å²) in [6.07, 6.45) is 3.61. The van der Waals surface area contributed by atoms with Crippen LogP contribution < -0.4 is 10.1 Å². The highest BCUT2D eigenvalue weighted by Crippen LogP contribution is 2.39. The molecule has 0 aliphatic carbocycles. The second-order valence-electron chi connectivity index (χ2n) is 4.69. The molecule has 3 rings (SSSR count). The van der Waals surface area contributed by atoms with E-state index < -0.39 is 0 Å². The molecule has 2 aromatic heterocycles. The summed E-state index contributed by atoms with van der Waals surface area (Å²) >= 11 is 1.66. The second kappa shape index (κ2) is 6.58. The van der Waals surface area contributed by atoms with Crippen LogP contribution in [-0.4, -0.2) is 23.6 Å². The first-order valence-corrected chi connectivity index (χ1v) is 7.93. The van der Waals surface area contributed by atoms with Crippen molar-refractivity contribution in [2.75, 3.05) is 19.0 Å². The van der Waals surface area contributed by atoms with Crippen LogP contribution in [0.5, 0.6) is 5.75 Å². The molecule has 0 amide bonds. The number of ether oxygens (including phenoxy) is 1. The number of aromatic nitrogens is 2. The van der Waals surface area contributed by atoms with Gasteiger partial charge in [-0.05, 0) is 48.9 Å². The van der Waals surface area contributed by atoms with Crippen LogP contribution in [0.25, 0.3) is 21.7 Å². The Morgan fingerprint density at radius 3 is 2.41 bits per heavy atom. The van der Waals surface area contributed by atoms with Gasteiger partial charge in [0.05, 0.1) is 17.7 Å². The van der Waals surface area contributed by atoms with Crippen LogP contribution in [0.3, 0.4) is 0 Å². The zero-order valence-corrected chi connectivity index (χ0v) is 13.4. The van der Waals surface area contributed by atoms with Gasteiger partial charge in [-0.1, -0.05) is 11.3 Å². The lowest BCUT2D eigenvalue weighted by molar-refractivity contribution is 0.415. The van der Waals surface area contributed by atoms with Gasteiger partial charge in [0.15, 0.2) is 5.13 Å². The van der Waals surface area contributed by atoms with E-state index in [0.717, 1.165) is 39.1 Å². The summed E-state index contributed by atoms with van der Waals surface area (Å²) in [4.78, 5) is 9.98. The van der Waals surface area contributed by atoms with Gasteiger partial charge < -0.3 is 10.1 Å². The summed E-state index contributed by atoms with van der Waals surface area (Å²) in [7, 11) is 1.67. The number of hydrogen-bond acceptors (Lipinski definition) is 5. The topological polar surface area (TPSA) is 47.0 Å². The normalized spacial score (nSPS) is 10.5. The molecule has 0 aliphatic rings. The molecule has 0 aliphatic heterocycles. The number of rotatable bonds is 5. The Morgan fingerprint density at radius 1 is 1.05 bits per heavy atom. The SMILES string of the molecule is CCNc1nc(-c2ccc(OC)cc2)c(-c2ccncc2)s1. The molecule has 0 fully saturated rings. The average molecular weight is 311 g/mol. The number of nitrogens with one attached hydrogen (secondary N) is 1. The number of anilines is 1. The summed E-state index contributed by atoms with van der Waals surface area (Å²) in [5, 5.41) is 4.23. The third-order valence-electron chi connectivity index (χ3n) is 3.26. The van der Waals surface area contributed by atoms with E-state index in [1.165, 1.54) is 0 Å². The van der Waals surface area contributed by atoms with Crippen molar-refractivity contribution in [1.29, 1.82) is 0 Å². The smallest absolute Gasteiger partial charge is 0.183 e. The Balaban J connectivity index is 2.08. The first kappa shape index (κ1) is 14.5. The molecular formula is C17H17N3OS. The Kier molecular flexibility index (Phi) is 4.34. The van der Waals surface area contributed by atoms with E-state index in [2.05, 4.69) is 17.2 Å². The largest absolute Gasteiger partial charge is 0.497 e. The van der Waals surface area contributed by atoms with Crippen molar-refractivity contribution in [3.8, 4) is 27.4 Å². The minimum Gasteiger partial charge on any atom is -0.497 e. The molecule has 2 heterocycles. The standard InChI is InChI=1S/C17H17N3OS/c1-3-19-17-20-15(12-4-6-14(21-2)7-5-12)16(22-17)13-8-10-18-11-9-13/h4-11H,3H2,1-2H3,(H,19,20). The van der Waals surface area contributed by atoms with Gasteiger partial charge in [0, 0.05) is 24.5 Å². The lowest BCUT2D eigenvalue weighted by Gasteiger charge is -2.04. The molecule has 4 nitrogen and oxygen atoms in total. The zero-order valence-electron chi connectivity index (χ0n) is 12.5. The van der Waals surface area contributed by atoms with Crippen LogP contribution in [0.2, 0.25) is 0 Å². The third-order valence-corrected chi connectivity index (χ3v) is 4.32. The van der Waals surface area contributed by atoms with E-state index in [1.54, 1.807) is 30.8 Å². The minimum absolute atomic E-state index is 0.844. The Hall–Kier alpha value is -2.40. The van der Waals surface area contributed by atoms with Crippen molar-refractivity contribution in [3.05, 3.63) is 48.8 Å². The fourth-order valence-electron chi connectivity index (χ4n) is 2.19. The van der Waals surface area contributed by atoms with Crippen LogP contribution >= 0.6 is 11.3 Å². The summed E-state index contributed by atoms with van der Waals surface area (Å²) in [5.74, 6) is 0.844. The van der Waals surface area contributed by atoms with Gasteiger partial charge in [0.1, 0.15) is 5.75 Å². The third kappa shape index (κ3) is 2.94. The van der Waals surface area contributed by atoms with Crippen LogP contribution in [0.4, 0.5) is 5.13 Å². The van der Waals surface area contributed by atoms with Crippen LogP contribution in [-0.2, 0) is 0 Å². The molecule has 0 saturated heterocycles. The molecule has 0 bridgehead atoms. The maximum absolute atomic E-state index is 5.23. The Morgan fingerprint density at radius 2 is 1.77 bits per heavy atom. The van der Waals surface area contributed by atoms with E-state index in [4.69, 9.17) is 9.72 Å². The van der Waals surface area contributed by atoms with Crippen molar-refractivity contribution < 1.29 is 4.74 Å². The Bertz CT molecular complexity index is 738. The minimum atomic E-state index is 0.844. The highest BCUT2D eigenvalue weighted by molar-refractivity contribution is 7.19. The quantitative estimate of drug-likeness (QED) is 0.762. The fraction of sp³-hybridized carbons (Fsp3) is 0.176. The van der Waals surface area contributed by atoms with E-state index in [-0.39, 0.29) is 0 Å². The predicted octanol–water partition coefficient (Wildman–Crippen LogP) is 4.31. The fourth-order valence-corrected chi connectivity index (χ4v) is 3.25. The van der Waals surface area contributed by atoms with Crippen molar-refractivity contribution in [2.45, 2.75) is 6.92 Å². The van der Waals surface area contributed by atoms with Gasteiger partial charge in [-0.15, -0.1) is 0 Å². The maximum atomic E-state index is 5.23. The number of pyridine rings is 1. The number of hydrogen-bond donors (Lipinski definition) is 1. The van der Waals surface area contributed by atoms with E-state index >= 15 is 0 Å². The van der Waals surface area contributed by atoms with Crippen molar-refractivity contribution >= 4 is 16.5 Å². The summed E-state index contributed by atoms with van der Waals surface area (Å²) in [6, 6.07) is 12.0. The molecule has 0 spiro atoms. The van der Waals surface area contributed by atoms with E-state index in [9.17, 15) is 0 Å². The van der Waals surface area contributed by atoms with Crippen LogP contribution in [0, 0.1) is 0 Å². The summed E-state index contributed by atoms with van der Waals surface area (Å²) < 4.78 is 5.23. The molecule has 5 heteroatoms. The predicted molar refractivity (Wildman–Crippen MR) is 91.5 cm³/mol. The molecular weight excluding hydrogens is 294 g/mol. The van der Waals surface area contributed by atoms with E-state index in [0.29, 0.717) is 0 Å². The molecule has 1 aromatic carbocycles. The second-order valence-corrected chi connectivity index (χ2v) is 5.69. The van der Waals surface area contributed by atoms with Crippen molar-refractivity contribution in [1.82, 2.24) is 9.97 Å². The van der Waals surface area contributed by atoms with Crippen LogP contribution in [0.1, 0.15) is 6.92 Å². The molecule has 0 atom stereocenters. The van der Waals surface area contributed by atoms with Crippen LogP contribution in [0.15, 0.2) is 48.8 Å². The van der Waals surface area contributed by atoms with E-state index in [1.807, 2.05) is 36.4 Å². The number of thiazole rings is 1. The molecule has 1 N–H and O–H groups in total. The lowest BCUT2D eigenvalue weighted by atomic mass is 10.1. The number of benzene rings is 1. The zero-order chi connectivity index (χ0) is 15.4. The van der Waals surface area contributed by atoms with Crippen molar-refractivity contribution in [2.24, 2.45) is 0 Å². The molecule has 0 unspecified atom stereocenters. The van der Waals surface area contributed by atoms with Gasteiger partial charge in [-0.2, -0.15) is 0 Å². The highest BCUT2D eigenvalue weighted by atomic mass is 32.1. The molecule has 0 radical (unpaired) electrons. The number of methoxy groups -OCH3 is 1. The number of nitrogens with zero attached hydrogens (tertiary/aromatic N) is 2. The summed E-state index contributed by atoms with van der Waals surface area (Å²) in [5.41, 5.74) is 3.19. The van der Waals surface area contributed by atoms with Gasteiger partial charge in [0.25, 0.3) is 0 Å². The van der Waals surface area contributed by atoms with Gasteiger partial charge in [-0.25, -0.2) is 4.98 Å². The molecule has 0 saturated carbocycles. The monoisotopic (exact) mass is 311 g/mol. The van der Waals surface area contributed by atoms with Gasteiger partial charge >= 0.3 is 0 Å². The maximum Gasteiger partial charge on any atom is 0.183 e. The lowest BCUT2D eigenvalue weighted by Crippen LogP contribution is -1.94. The molecule has 112 valence electrons.